The molecule has 17 heavy (non-hydrogen) atoms. The van der Waals surface area contributed by atoms with Gasteiger partial charge in [-0.15, -0.1) is 6.58 Å². The van der Waals surface area contributed by atoms with Crippen molar-refractivity contribution >= 4 is 5.97 Å². The molecule has 0 amide bonds. The van der Waals surface area contributed by atoms with Gasteiger partial charge < -0.3 is 4.74 Å². The van der Waals surface area contributed by atoms with Crippen LogP contribution in [0, 0.1) is 5.92 Å². The van der Waals surface area contributed by atoms with E-state index in [1.54, 1.807) is 0 Å². The third kappa shape index (κ3) is 5.91. The van der Waals surface area contributed by atoms with Gasteiger partial charge in [-0.2, -0.15) is 0 Å². The first-order valence-corrected chi connectivity index (χ1v) is 6.02. The highest BCUT2D eigenvalue weighted by Crippen LogP contribution is 2.12. The molecule has 1 aromatic rings. The quantitative estimate of drug-likeness (QED) is 0.532. The molecule has 0 heterocycles. The molecule has 0 spiro atoms. The van der Waals surface area contributed by atoms with Crippen LogP contribution in [0.5, 0.6) is 0 Å². The first-order valence-electron chi connectivity index (χ1n) is 6.02. The number of carbonyl (C=O) groups is 1. The monoisotopic (exact) mass is 232 g/mol. The van der Waals surface area contributed by atoms with Crippen LogP contribution in [0.15, 0.2) is 43.0 Å². The lowest BCUT2D eigenvalue weighted by Crippen LogP contribution is -2.10. The predicted octanol–water partition coefficient (Wildman–Crippen LogP) is 3.37. The molecule has 1 atom stereocenters. The van der Waals surface area contributed by atoms with Gasteiger partial charge in [0.05, 0.1) is 6.61 Å². The third-order valence-corrected chi connectivity index (χ3v) is 2.72. The summed E-state index contributed by atoms with van der Waals surface area (Å²) in [7, 11) is 0. The maximum atomic E-state index is 10.7. The summed E-state index contributed by atoms with van der Waals surface area (Å²) in [6.45, 7) is 5.66. The van der Waals surface area contributed by atoms with Crippen molar-refractivity contribution in [3.05, 3.63) is 48.6 Å². The van der Waals surface area contributed by atoms with E-state index in [2.05, 4.69) is 30.8 Å². The van der Waals surface area contributed by atoms with Crippen LogP contribution in [-0.2, 0) is 16.0 Å². The molecule has 0 aromatic heterocycles. The van der Waals surface area contributed by atoms with Crippen LogP contribution in [0.2, 0.25) is 0 Å². The fourth-order valence-corrected chi connectivity index (χ4v) is 1.71. The van der Waals surface area contributed by atoms with E-state index in [9.17, 15) is 4.79 Å². The number of hydrogen-bond donors (Lipinski definition) is 0. The summed E-state index contributed by atoms with van der Waals surface area (Å²) in [5.74, 6) is 0.0440. The second-order valence-electron chi connectivity index (χ2n) is 4.18. The molecule has 1 rings (SSSR count). The van der Waals surface area contributed by atoms with E-state index < -0.39 is 0 Å². The van der Waals surface area contributed by atoms with E-state index in [0.717, 1.165) is 19.3 Å². The Balaban J connectivity index is 2.24. The predicted molar refractivity (Wildman–Crippen MR) is 69.7 cm³/mol. The van der Waals surface area contributed by atoms with Crippen LogP contribution in [0.25, 0.3) is 0 Å². The number of esters is 1. The van der Waals surface area contributed by atoms with Crippen LogP contribution >= 0.6 is 0 Å². The van der Waals surface area contributed by atoms with Crippen molar-refractivity contribution in [2.45, 2.75) is 26.2 Å². The Kier molecular flexibility index (Phi) is 6.08. The lowest BCUT2D eigenvalue weighted by Gasteiger charge is -2.11. The lowest BCUT2D eigenvalue weighted by atomic mass is 10.0. The van der Waals surface area contributed by atoms with E-state index in [1.807, 2.05) is 12.1 Å². The Morgan fingerprint density at radius 3 is 2.71 bits per heavy atom. The van der Waals surface area contributed by atoms with Crippen LogP contribution < -0.4 is 0 Å². The second-order valence-corrected chi connectivity index (χ2v) is 4.18. The highest BCUT2D eigenvalue weighted by molar-refractivity contribution is 5.65. The summed E-state index contributed by atoms with van der Waals surface area (Å²) in [6, 6.07) is 10.4. The Bertz CT molecular complexity index is 343. The fourth-order valence-electron chi connectivity index (χ4n) is 1.71. The molecule has 92 valence electrons. The van der Waals surface area contributed by atoms with E-state index in [-0.39, 0.29) is 11.9 Å². The molecule has 0 aliphatic rings. The third-order valence-electron chi connectivity index (χ3n) is 2.72. The zero-order chi connectivity index (χ0) is 12.5. The molecular weight excluding hydrogens is 212 g/mol. The summed E-state index contributed by atoms with van der Waals surface area (Å²) >= 11 is 0. The van der Waals surface area contributed by atoms with Crippen molar-refractivity contribution in [1.82, 2.24) is 0 Å². The minimum absolute atomic E-state index is 0.222. The zero-order valence-electron chi connectivity index (χ0n) is 10.4. The van der Waals surface area contributed by atoms with Gasteiger partial charge in [0.1, 0.15) is 0 Å². The molecule has 2 heteroatoms. The Morgan fingerprint density at radius 2 is 2.12 bits per heavy atom. The SMILES string of the molecule is C=C[C@H](CCCc1ccccc1)COC(C)=O. The molecule has 2 nitrogen and oxygen atoms in total. The normalized spacial score (nSPS) is 11.8. The van der Waals surface area contributed by atoms with Crippen molar-refractivity contribution in [2.75, 3.05) is 6.61 Å². The van der Waals surface area contributed by atoms with Gasteiger partial charge in [-0.05, 0) is 24.8 Å². The summed E-state index contributed by atoms with van der Waals surface area (Å²) in [6.07, 6.45) is 5.02. The number of carbonyl (C=O) groups excluding carboxylic acids is 1. The highest BCUT2D eigenvalue weighted by atomic mass is 16.5. The van der Waals surface area contributed by atoms with Crippen molar-refractivity contribution in [1.29, 1.82) is 0 Å². The Labute approximate surface area is 103 Å². The minimum Gasteiger partial charge on any atom is -0.465 e. The lowest BCUT2D eigenvalue weighted by molar-refractivity contribution is -0.141. The molecule has 0 aliphatic heterocycles. The zero-order valence-corrected chi connectivity index (χ0v) is 10.4. The van der Waals surface area contributed by atoms with E-state index in [1.165, 1.54) is 12.5 Å². The Morgan fingerprint density at radius 1 is 1.41 bits per heavy atom. The van der Waals surface area contributed by atoms with Gasteiger partial charge >= 0.3 is 5.97 Å². The van der Waals surface area contributed by atoms with Gasteiger partial charge in [-0.25, -0.2) is 0 Å². The topological polar surface area (TPSA) is 26.3 Å². The van der Waals surface area contributed by atoms with Gasteiger partial charge in [-0.3, -0.25) is 4.79 Å². The maximum Gasteiger partial charge on any atom is 0.302 e. The molecule has 0 fully saturated rings. The smallest absolute Gasteiger partial charge is 0.302 e. The standard InChI is InChI=1S/C15H20O2/c1-3-14(12-17-13(2)16)10-7-11-15-8-5-4-6-9-15/h3-6,8-9,14H,1,7,10-12H2,2H3/t14-/m1/s1. The molecule has 0 saturated heterocycles. The van der Waals surface area contributed by atoms with Crippen molar-refractivity contribution < 1.29 is 9.53 Å². The van der Waals surface area contributed by atoms with E-state index in [0.29, 0.717) is 6.61 Å². The average Bonchev–Trinajstić information content (AvgIpc) is 2.34. The minimum atomic E-state index is -0.222. The highest BCUT2D eigenvalue weighted by Gasteiger charge is 2.06. The van der Waals surface area contributed by atoms with Crippen LogP contribution in [0.3, 0.4) is 0 Å². The number of hydrogen-bond acceptors (Lipinski definition) is 2. The number of aryl methyl sites for hydroxylation is 1. The molecule has 0 saturated carbocycles. The molecule has 1 aromatic carbocycles. The summed E-state index contributed by atoms with van der Waals surface area (Å²) in [4.78, 5) is 10.7. The molecule has 0 bridgehead atoms. The van der Waals surface area contributed by atoms with Crippen molar-refractivity contribution in [2.24, 2.45) is 5.92 Å². The molecule has 0 aliphatic carbocycles. The number of rotatable bonds is 7. The van der Waals surface area contributed by atoms with Gasteiger partial charge in [0.2, 0.25) is 0 Å². The van der Waals surface area contributed by atoms with Gasteiger partial charge in [0, 0.05) is 12.8 Å². The second kappa shape index (κ2) is 7.66. The van der Waals surface area contributed by atoms with E-state index in [4.69, 9.17) is 4.74 Å². The van der Waals surface area contributed by atoms with Gasteiger partial charge in [0.15, 0.2) is 0 Å². The summed E-state index contributed by atoms with van der Waals surface area (Å²) in [5, 5.41) is 0. The first kappa shape index (κ1) is 13.5. The average molecular weight is 232 g/mol. The molecule has 0 N–H and O–H groups in total. The largest absolute Gasteiger partial charge is 0.465 e. The molecule has 0 unspecified atom stereocenters. The van der Waals surface area contributed by atoms with Crippen molar-refractivity contribution in [3.63, 3.8) is 0 Å². The van der Waals surface area contributed by atoms with Crippen LogP contribution in [0.1, 0.15) is 25.3 Å². The maximum absolute atomic E-state index is 10.7. The number of ether oxygens (including phenoxy) is 1. The summed E-state index contributed by atoms with van der Waals surface area (Å²) < 4.78 is 4.99. The van der Waals surface area contributed by atoms with Crippen LogP contribution in [-0.4, -0.2) is 12.6 Å². The van der Waals surface area contributed by atoms with Gasteiger partial charge in [-0.1, -0.05) is 36.4 Å². The summed E-state index contributed by atoms with van der Waals surface area (Å²) in [5.41, 5.74) is 1.35. The van der Waals surface area contributed by atoms with E-state index >= 15 is 0 Å². The van der Waals surface area contributed by atoms with Crippen molar-refractivity contribution in [3.8, 4) is 0 Å². The molecular formula is C15H20O2. The number of benzene rings is 1. The first-order chi connectivity index (χ1) is 8.22. The Hall–Kier alpha value is -1.57. The fraction of sp³-hybridized carbons (Fsp3) is 0.400. The van der Waals surface area contributed by atoms with Crippen LogP contribution in [0.4, 0.5) is 0 Å². The molecule has 0 radical (unpaired) electrons. The van der Waals surface area contributed by atoms with Gasteiger partial charge in [0.25, 0.3) is 0 Å².